The molecule has 1 unspecified atom stereocenters. The van der Waals surface area contributed by atoms with Gasteiger partial charge in [-0.1, -0.05) is 23.7 Å². The molecule has 0 aliphatic rings. The van der Waals surface area contributed by atoms with Gasteiger partial charge in [0, 0.05) is 24.4 Å². The van der Waals surface area contributed by atoms with Crippen LogP contribution in [0.1, 0.15) is 32.8 Å². The van der Waals surface area contributed by atoms with Gasteiger partial charge in [0.05, 0.1) is 0 Å². The maximum absolute atomic E-state index is 11.9. The lowest BCUT2D eigenvalue weighted by molar-refractivity contribution is -0.141. The average Bonchev–Trinajstić information content (AvgIpc) is 2.46. The highest BCUT2D eigenvalue weighted by atomic mass is 35.5. The number of nitrogens with one attached hydrogen (secondary N) is 2. The Morgan fingerprint density at radius 1 is 1.20 bits per heavy atom. The summed E-state index contributed by atoms with van der Waals surface area (Å²) in [5.74, 6) is -1.61. The molecule has 1 rings (SSSR count). The molecular weight excluding hydrogens is 348 g/mol. The predicted octanol–water partition coefficient (Wildman–Crippen LogP) is 2.37. The van der Waals surface area contributed by atoms with Crippen LogP contribution in [0.4, 0.5) is 4.79 Å². The van der Waals surface area contributed by atoms with E-state index in [-0.39, 0.29) is 19.4 Å². The fourth-order valence-corrected chi connectivity index (χ4v) is 2.04. The topological polar surface area (TPSA) is 105 Å². The number of hydrogen-bond acceptors (Lipinski definition) is 4. The molecular formula is C17H23ClN2O5. The van der Waals surface area contributed by atoms with Crippen LogP contribution in [0.5, 0.6) is 0 Å². The van der Waals surface area contributed by atoms with Crippen LogP contribution in [0.3, 0.4) is 0 Å². The number of aliphatic carboxylic acids is 1. The maximum atomic E-state index is 11.9. The Labute approximate surface area is 151 Å². The fourth-order valence-electron chi connectivity index (χ4n) is 1.92. The van der Waals surface area contributed by atoms with Crippen LogP contribution < -0.4 is 10.6 Å². The van der Waals surface area contributed by atoms with Gasteiger partial charge in [-0.25, -0.2) is 9.59 Å². The second kappa shape index (κ2) is 9.27. The van der Waals surface area contributed by atoms with Gasteiger partial charge < -0.3 is 20.5 Å². The van der Waals surface area contributed by atoms with E-state index in [0.29, 0.717) is 5.02 Å². The lowest BCUT2D eigenvalue weighted by Crippen LogP contribution is -2.43. The summed E-state index contributed by atoms with van der Waals surface area (Å²) in [5, 5.41) is 14.7. The van der Waals surface area contributed by atoms with Crippen LogP contribution in [-0.4, -0.2) is 41.3 Å². The molecule has 1 aromatic carbocycles. The lowest BCUT2D eigenvalue weighted by atomic mass is 10.1. The number of carbonyl (C=O) groups excluding carboxylic acids is 2. The van der Waals surface area contributed by atoms with Gasteiger partial charge in [-0.05, 0) is 38.5 Å². The zero-order valence-electron chi connectivity index (χ0n) is 14.5. The minimum Gasteiger partial charge on any atom is -0.480 e. The van der Waals surface area contributed by atoms with Crippen LogP contribution in [0.2, 0.25) is 5.02 Å². The number of carboxylic acids is 1. The number of hydrogen-bond donors (Lipinski definition) is 3. The minimum absolute atomic E-state index is 0.0496. The molecule has 1 aromatic rings. The van der Waals surface area contributed by atoms with E-state index in [1.165, 1.54) is 0 Å². The second-order valence-electron chi connectivity index (χ2n) is 6.47. The van der Waals surface area contributed by atoms with Gasteiger partial charge in [0.2, 0.25) is 5.91 Å². The molecule has 0 bridgehead atoms. The Hall–Kier alpha value is -2.28. The largest absolute Gasteiger partial charge is 0.480 e. The van der Waals surface area contributed by atoms with Crippen molar-refractivity contribution in [3.05, 3.63) is 34.9 Å². The molecule has 0 saturated heterocycles. The van der Waals surface area contributed by atoms with Crippen molar-refractivity contribution < 1.29 is 24.2 Å². The van der Waals surface area contributed by atoms with E-state index in [0.717, 1.165) is 5.56 Å². The number of carbonyl (C=O) groups is 3. The average molecular weight is 371 g/mol. The van der Waals surface area contributed by atoms with Crippen LogP contribution in [0.15, 0.2) is 24.3 Å². The third-order valence-corrected chi connectivity index (χ3v) is 3.26. The van der Waals surface area contributed by atoms with Gasteiger partial charge in [-0.15, -0.1) is 0 Å². The van der Waals surface area contributed by atoms with Gasteiger partial charge in [-0.2, -0.15) is 0 Å². The van der Waals surface area contributed by atoms with Crippen molar-refractivity contribution in [3.63, 3.8) is 0 Å². The van der Waals surface area contributed by atoms with E-state index in [1.807, 2.05) is 0 Å². The number of benzene rings is 1. The highest BCUT2D eigenvalue weighted by molar-refractivity contribution is 6.30. The number of amides is 2. The third-order valence-electron chi connectivity index (χ3n) is 3.01. The molecule has 0 heterocycles. The monoisotopic (exact) mass is 370 g/mol. The summed E-state index contributed by atoms with van der Waals surface area (Å²) in [5.41, 5.74) is 0.114. The standard InChI is InChI=1S/C17H23ClN2O5/c1-17(2,3)25-16(24)19-9-8-14(21)20-13(15(22)23)10-11-4-6-12(18)7-5-11/h4-7,13H,8-10H2,1-3H3,(H,19,24)(H,20,21)(H,22,23). The second-order valence-corrected chi connectivity index (χ2v) is 6.90. The quantitative estimate of drug-likeness (QED) is 0.683. The van der Waals surface area contributed by atoms with Crippen molar-refractivity contribution in [3.8, 4) is 0 Å². The first-order valence-electron chi connectivity index (χ1n) is 7.80. The van der Waals surface area contributed by atoms with Crippen molar-refractivity contribution in [2.45, 2.75) is 45.3 Å². The molecule has 0 radical (unpaired) electrons. The molecule has 8 heteroatoms. The molecule has 0 aliphatic heterocycles. The minimum atomic E-state index is -1.14. The van der Waals surface area contributed by atoms with E-state index in [4.69, 9.17) is 16.3 Å². The Kier molecular flexibility index (Phi) is 7.70. The summed E-state index contributed by atoms with van der Waals surface area (Å²) in [6.45, 7) is 5.24. The summed E-state index contributed by atoms with van der Waals surface area (Å²) >= 11 is 5.79. The molecule has 25 heavy (non-hydrogen) atoms. The predicted molar refractivity (Wildman–Crippen MR) is 93.6 cm³/mol. The van der Waals surface area contributed by atoms with Crippen LogP contribution >= 0.6 is 11.6 Å². The molecule has 0 spiro atoms. The summed E-state index contributed by atoms with van der Waals surface area (Å²) in [6.07, 6.45) is -0.544. The number of carboxylic acid groups (broad SMARTS) is 1. The fraction of sp³-hybridized carbons (Fsp3) is 0.471. The lowest BCUT2D eigenvalue weighted by Gasteiger charge is -2.19. The first kappa shape index (κ1) is 20.8. The van der Waals surface area contributed by atoms with Gasteiger partial charge in [-0.3, -0.25) is 4.79 Å². The van der Waals surface area contributed by atoms with E-state index >= 15 is 0 Å². The van der Waals surface area contributed by atoms with Crippen molar-refractivity contribution >= 4 is 29.6 Å². The van der Waals surface area contributed by atoms with Crippen LogP contribution in [0.25, 0.3) is 0 Å². The number of rotatable bonds is 7. The Morgan fingerprint density at radius 3 is 2.32 bits per heavy atom. The summed E-state index contributed by atoms with van der Waals surface area (Å²) < 4.78 is 5.04. The SMILES string of the molecule is CC(C)(C)OC(=O)NCCC(=O)NC(Cc1ccc(Cl)cc1)C(=O)O. The zero-order chi connectivity index (χ0) is 19.0. The van der Waals surface area contributed by atoms with Gasteiger partial charge in [0.15, 0.2) is 0 Å². The maximum Gasteiger partial charge on any atom is 0.407 e. The molecule has 3 N–H and O–H groups in total. The normalized spacial score (nSPS) is 12.2. The van der Waals surface area contributed by atoms with Crippen molar-refractivity contribution in [2.24, 2.45) is 0 Å². The first-order chi connectivity index (χ1) is 11.6. The molecule has 0 saturated carbocycles. The molecule has 0 aromatic heterocycles. The number of ether oxygens (including phenoxy) is 1. The molecule has 138 valence electrons. The smallest absolute Gasteiger partial charge is 0.407 e. The van der Waals surface area contributed by atoms with Crippen molar-refractivity contribution in [1.29, 1.82) is 0 Å². The van der Waals surface area contributed by atoms with Crippen molar-refractivity contribution in [2.75, 3.05) is 6.54 Å². The van der Waals surface area contributed by atoms with Gasteiger partial charge >= 0.3 is 12.1 Å². The molecule has 2 amide bonds. The molecule has 0 aliphatic carbocycles. The van der Waals surface area contributed by atoms with E-state index < -0.39 is 29.6 Å². The highest BCUT2D eigenvalue weighted by Crippen LogP contribution is 2.11. The number of halogens is 1. The van der Waals surface area contributed by atoms with E-state index in [2.05, 4.69) is 10.6 Å². The summed E-state index contributed by atoms with van der Waals surface area (Å²) in [4.78, 5) is 34.7. The third kappa shape index (κ3) is 8.95. The van der Waals surface area contributed by atoms with E-state index in [9.17, 15) is 19.5 Å². The Bertz CT molecular complexity index is 610. The zero-order valence-corrected chi connectivity index (χ0v) is 15.2. The first-order valence-corrected chi connectivity index (χ1v) is 8.18. The summed E-state index contributed by atoms with van der Waals surface area (Å²) in [7, 11) is 0. The van der Waals surface area contributed by atoms with Crippen LogP contribution in [-0.2, 0) is 20.7 Å². The molecule has 7 nitrogen and oxygen atoms in total. The molecule has 1 atom stereocenters. The molecule has 0 fully saturated rings. The Balaban J connectivity index is 2.44. The summed E-state index contributed by atoms with van der Waals surface area (Å²) in [6, 6.07) is 5.66. The van der Waals surface area contributed by atoms with E-state index in [1.54, 1.807) is 45.0 Å². The van der Waals surface area contributed by atoms with Gasteiger partial charge in [0.25, 0.3) is 0 Å². The number of alkyl carbamates (subject to hydrolysis) is 1. The highest BCUT2D eigenvalue weighted by Gasteiger charge is 2.21. The van der Waals surface area contributed by atoms with Crippen LogP contribution in [0, 0.1) is 0 Å². The van der Waals surface area contributed by atoms with Crippen molar-refractivity contribution in [1.82, 2.24) is 10.6 Å². The van der Waals surface area contributed by atoms with Gasteiger partial charge in [0.1, 0.15) is 11.6 Å². The Morgan fingerprint density at radius 2 is 1.80 bits per heavy atom.